The molecule has 1 amide bonds. The molecule has 2 heterocycles. The first-order valence-electron chi connectivity index (χ1n) is 10.1. The normalized spacial score (nSPS) is 11.1. The van der Waals surface area contributed by atoms with E-state index >= 15 is 0 Å². The molecule has 0 saturated carbocycles. The van der Waals surface area contributed by atoms with Gasteiger partial charge in [0.25, 0.3) is 5.56 Å². The number of aromatic nitrogens is 3. The molecule has 6 nitrogen and oxygen atoms in total. The van der Waals surface area contributed by atoms with Crippen LogP contribution in [0.15, 0.2) is 47.7 Å². The molecular formula is C22H28N4O2. The van der Waals surface area contributed by atoms with Crippen LogP contribution >= 0.6 is 0 Å². The fourth-order valence-corrected chi connectivity index (χ4v) is 3.27. The average molecular weight is 380 g/mol. The quantitative estimate of drug-likeness (QED) is 0.577. The molecule has 0 fully saturated rings. The van der Waals surface area contributed by atoms with Crippen LogP contribution in [0.3, 0.4) is 0 Å². The van der Waals surface area contributed by atoms with Crippen molar-refractivity contribution < 1.29 is 4.79 Å². The van der Waals surface area contributed by atoms with Crippen LogP contribution in [0.2, 0.25) is 0 Å². The Bertz CT molecular complexity index is 989. The van der Waals surface area contributed by atoms with Gasteiger partial charge in [0.15, 0.2) is 0 Å². The summed E-state index contributed by atoms with van der Waals surface area (Å²) in [6.45, 7) is 5.57. The van der Waals surface area contributed by atoms with Gasteiger partial charge in [0.1, 0.15) is 17.6 Å². The zero-order chi connectivity index (χ0) is 19.9. The van der Waals surface area contributed by atoms with E-state index in [4.69, 9.17) is 0 Å². The second-order valence-electron chi connectivity index (χ2n) is 7.03. The summed E-state index contributed by atoms with van der Waals surface area (Å²) in [6, 6.07) is 9.85. The first-order chi connectivity index (χ1) is 13.7. The van der Waals surface area contributed by atoms with Crippen molar-refractivity contribution in [3.63, 3.8) is 0 Å². The van der Waals surface area contributed by atoms with Gasteiger partial charge in [-0.25, -0.2) is 4.98 Å². The number of carbonyl (C=O) groups excluding carboxylic acids is 1. The van der Waals surface area contributed by atoms with Gasteiger partial charge < -0.3 is 9.88 Å². The van der Waals surface area contributed by atoms with E-state index in [1.165, 1.54) is 0 Å². The molecule has 0 aliphatic heterocycles. The van der Waals surface area contributed by atoms with E-state index in [0.29, 0.717) is 24.1 Å². The van der Waals surface area contributed by atoms with Crippen molar-refractivity contribution in [1.82, 2.24) is 19.4 Å². The van der Waals surface area contributed by atoms with E-state index in [1.54, 1.807) is 15.5 Å². The fourth-order valence-electron chi connectivity index (χ4n) is 3.27. The average Bonchev–Trinajstić information content (AvgIpc) is 3.07. The summed E-state index contributed by atoms with van der Waals surface area (Å²) < 4.78 is 3.39. The molecule has 1 aromatic carbocycles. The highest BCUT2D eigenvalue weighted by Gasteiger charge is 2.17. The van der Waals surface area contributed by atoms with Crippen LogP contribution in [0.4, 0.5) is 0 Å². The minimum atomic E-state index is -0.0954. The van der Waals surface area contributed by atoms with Crippen LogP contribution in [-0.4, -0.2) is 26.6 Å². The van der Waals surface area contributed by atoms with Gasteiger partial charge in [-0.2, -0.15) is 0 Å². The molecular weight excluding hydrogens is 352 g/mol. The van der Waals surface area contributed by atoms with Gasteiger partial charge in [-0.1, -0.05) is 57.0 Å². The van der Waals surface area contributed by atoms with Gasteiger partial charge in [-0.15, -0.1) is 0 Å². The highest BCUT2D eigenvalue weighted by molar-refractivity contribution is 5.93. The molecule has 1 N–H and O–H groups in total. The first-order valence-corrected chi connectivity index (χ1v) is 10.1. The van der Waals surface area contributed by atoms with Crippen LogP contribution in [0.25, 0.3) is 22.2 Å². The number of nitrogens with one attached hydrogen (secondary N) is 1. The predicted octanol–water partition coefficient (Wildman–Crippen LogP) is 3.58. The molecule has 2 aromatic heterocycles. The predicted molar refractivity (Wildman–Crippen MR) is 112 cm³/mol. The number of hydrogen-bond acceptors (Lipinski definition) is 3. The second kappa shape index (κ2) is 9.35. The van der Waals surface area contributed by atoms with Crippen LogP contribution < -0.4 is 10.9 Å². The number of benzene rings is 1. The Labute approximate surface area is 165 Å². The summed E-state index contributed by atoms with van der Waals surface area (Å²) in [7, 11) is 0. The molecule has 0 unspecified atom stereocenters. The summed E-state index contributed by atoms with van der Waals surface area (Å²) in [5.41, 5.74) is 2.89. The van der Waals surface area contributed by atoms with Crippen LogP contribution in [0, 0.1) is 0 Å². The minimum Gasteiger partial charge on any atom is -0.355 e. The zero-order valence-corrected chi connectivity index (χ0v) is 16.6. The van der Waals surface area contributed by atoms with Crippen molar-refractivity contribution >= 4 is 16.9 Å². The minimum absolute atomic E-state index is 0.0895. The molecule has 148 valence electrons. The Kier molecular flexibility index (Phi) is 6.63. The number of carbonyl (C=O) groups is 1. The number of fused-ring (bicyclic) bond motifs is 1. The van der Waals surface area contributed by atoms with Crippen LogP contribution in [0.1, 0.15) is 39.5 Å². The Morgan fingerprint density at radius 3 is 2.54 bits per heavy atom. The molecule has 0 aliphatic carbocycles. The van der Waals surface area contributed by atoms with Crippen molar-refractivity contribution in [3.05, 3.63) is 53.2 Å². The van der Waals surface area contributed by atoms with Crippen LogP contribution in [-0.2, 0) is 17.9 Å². The lowest BCUT2D eigenvalue weighted by Crippen LogP contribution is -2.29. The summed E-state index contributed by atoms with van der Waals surface area (Å²) in [6.07, 6.45) is 7.38. The largest absolute Gasteiger partial charge is 0.355 e. The van der Waals surface area contributed by atoms with Gasteiger partial charge in [-0.3, -0.25) is 14.2 Å². The zero-order valence-electron chi connectivity index (χ0n) is 16.6. The number of rotatable bonds is 9. The van der Waals surface area contributed by atoms with E-state index in [0.717, 1.165) is 36.8 Å². The van der Waals surface area contributed by atoms with Gasteiger partial charge in [0.2, 0.25) is 5.91 Å². The lowest BCUT2D eigenvalue weighted by atomic mass is 10.1. The Balaban J connectivity index is 2.04. The third-order valence-corrected chi connectivity index (χ3v) is 4.85. The lowest BCUT2D eigenvalue weighted by molar-refractivity contribution is -0.121. The van der Waals surface area contributed by atoms with Gasteiger partial charge in [-0.05, 0) is 18.4 Å². The van der Waals surface area contributed by atoms with Crippen molar-refractivity contribution in [3.8, 4) is 11.1 Å². The SMILES string of the molecule is CCCCNC(=O)Cn1cc(-c2ccccc2)c2ncn(CCCC)c(=O)c21. The second-order valence-corrected chi connectivity index (χ2v) is 7.03. The van der Waals surface area contributed by atoms with Crippen molar-refractivity contribution in [2.24, 2.45) is 0 Å². The number of nitrogens with zero attached hydrogens (tertiary/aromatic N) is 3. The van der Waals surface area contributed by atoms with Crippen LogP contribution in [0.5, 0.6) is 0 Å². The molecule has 6 heteroatoms. The maximum Gasteiger partial charge on any atom is 0.277 e. The van der Waals surface area contributed by atoms with E-state index in [9.17, 15) is 9.59 Å². The molecule has 0 atom stereocenters. The maximum absolute atomic E-state index is 13.1. The lowest BCUT2D eigenvalue weighted by Gasteiger charge is -2.08. The Hall–Kier alpha value is -2.89. The smallest absolute Gasteiger partial charge is 0.277 e. The first kappa shape index (κ1) is 19.9. The summed E-state index contributed by atoms with van der Waals surface area (Å²) >= 11 is 0. The molecule has 0 bridgehead atoms. The topological polar surface area (TPSA) is 68.9 Å². The highest BCUT2D eigenvalue weighted by Crippen LogP contribution is 2.27. The molecule has 0 spiro atoms. The molecule has 0 saturated heterocycles. The Morgan fingerprint density at radius 1 is 1.07 bits per heavy atom. The van der Waals surface area contributed by atoms with Gasteiger partial charge in [0, 0.05) is 24.8 Å². The van der Waals surface area contributed by atoms with Crippen molar-refractivity contribution in [2.75, 3.05) is 6.54 Å². The summed E-state index contributed by atoms with van der Waals surface area (Å²) in [5, 5.41) is 2.93. The van der Waals surface area contributed by atoms with E-state index < -0.39 is 0 Å². The maximum atomic E-state index is 13.1. The van der Waals surface area contributed by atoms with Crippen molar-refractivity contribution in [2.45, 2.75) is 52.6 Å². The molecule has 0 aliphatic rings. The number of amides is 1. The van der Waals surface area contributed by atoms with Crippen molar-refractivity contribution in [1.29, 1.82) is 0 Å². The van der Waals surface area contributed by atoms with E-state index in [2.05, 4.69) is 24.1 Å². The highest BCUT2D eigenvalue weighted by atomic mass is 16.2. The van der Waals surface area contributed by atoms with E-state index in [1.807, 2.05) is 36.5 Å². The van der Waals surface area contributed by atoms with Gasteiger partial charge >= 0.3 is 0 Å². The monoisotopic (exact) mass is 380 g/mol. The summed E-state index contributed by atoms with van der Waals surface area (Å²) in [5.74, 6) is -0.0895. The number of hydrogen-bond donors (Lipinski definition) is 1. The molecule has 3 rings (SSSR count). The third kappa shape index (κ3) is 4.32. The number of aryl methyl sites for hydroxylation is 1. The third-order valence-electron chi connectivity index (χ3n) is 4.85. The van der Waals surface area contributed by atoms with Gasteiger partial charge in [0.05, 0.1) is 6.33 Å². The molecule has 3 aromatic rings. The molecule has 0 radical (unpaired) electrons. The standard InChI is InChI=1S/C22H28N4O2/c1-3-5-12-23-19(27)15-26-14-18(17-10-8-7-9-11-17)20-21(26)22(28)25(16-24-20)13-6-4-2/h7-11,14,16H,3-6,12-13,15H2,1-2H3,(H,23,27). The fraction of sp³-hybridized carbons (Fsp3) is 0.409. The number of unbranched alkanes of at least 4 members (excludes halogenated alkanes) is 2. The Morgan fingerprint density at radius 2 is 1.82 bits per heavy atom. The summed E-state index contributed by atoms with van der Waals surface area (Å²) in [4.78, 5) is 30.1. The van der Waals surface area contributed by atoms with E-state index in [-0.39, 0.29) is 18.0 Å². The molecule has 28 heavy (non-hydrogen) atoms.